The molecular weight excluding hydrogens is 295 g/mol. The Hall–Kier alpha value is -2.31. The van der Waals surface area contributed by atoms with Gasteiger partial charge in [0.1, 0.15) is 5.75 Å². The van der Waals surface area contributed by atoms with Gasteiger partial charge in [0.15, 0.2) is 11.5 Å². The highest BCUT2D eigenvalue weighted by atomic mass is 19.4. The summed E-state index contributed by atoms with van der Waals surface area (Å²) < 4.78 is 71.7. The van der Waals surface area contributed by atoms with Crippen molar-refractivity contribution >= 4 is 0 Å². The van der Waals surface area contributed by atoms with Gasteiger partial charge in [-0.15, -0.1) is 0 Å². The molecule has 112 valence electrons. The number of rotatable bonds is 4. The third-order valence-electron chi connectivity index (χ3n) is 2.46. The standard InChI is InChI=1S/C14H9F5O2/c15-13(16)21-12-8-9(14(17,18)19)6-7-11(12)20-10-4-2-1-3-5-10/h1-8,13H. The lowest BCUT2D eigenvalue weighted by Crippen LogP contribution is -2.08. The van der Waals surface area contributed by atoms with Crippen molar-refractivity contribution in [2.24, 2.45) is 0 Å². The number of benzene rings is 2. The van der Waals surface area contributed by atoms with Gasteiger partial charge < -0.3 is 9.47 Å². The zero-order valence-electron chi connectivity index (χ0n) is 10.4. The number of ether oxygens (including phenoxy) is 2. The van der Waals surface area contributed by atoms with E-state index in [2.05, 4.69) is 4.74 Å². The molecule has 0 aliphatic rings. The van der Waals surface area contributed by atoms with Gasteiger partial charge in [0.2, 0.25) is 0 Å². The molecular formula is C14H9F5O2. The Morgan fingerprint density at radius 3 is 2.10 bits per heavy atom. The first-order valence-electron chi connectivity index (χ1n) is 5.75. The molecule has 0 bridgehead atoms. The molecule has 0 unspecified atom stereocenters. The van der Waals surface area contributed by atoms with Crippen LogP contribution in [0, 0.1) is 0 Å². The van der Waals surface area contributed by atoms with E-state index in [0.29, 0.717) is 6.07 Å². The van der Waals surface area contributed by atoms with Crippen LogP contribution in [0.15, 0.2) is 48.5 Å². The van der Waals surface area contributed by atoms with Gasteiger partial charge in [0, 0.05) is 0 Å². The maximum absolute atomic E-state index is 12.6. The number of hydrogen-bond donors (Lipinski definition) is 0. The maximum atomic E-state index is 12.6. The maximum Gasteiger partial charge on any atom is 0.416 e. The van der Waals surface area contributed by atoms with Crippen molar-refractivity contribution in [2.75, 3.05) is 0 Å². The number of para-hydroxylation sites is 1. The van der Waals surface area contributed by atoms with Crippen LogP contribution in [0.2, 0.25) is 0 Å². The second-order valence-electron chi connectivity index (χ2n) is 3.95. The van der Waals surface area contributed by atoms with Crippen molar-refractivity contribution in [3.8, 4) is 17.2 Å². The molecule has 0 aliphatic heterocycles. The largest absolute Gasteiger partial charge is 0.453 e. The van der Waals surface area contributed by atoms with Crippen LogP contribution >= 0.6 is 0 Å². The quantitative estimate of drug-likeness (QED) is 0.732. The zero-order valence-corrected chi connectivity index (χ0v) is 10.4. The highest BCUT2D eigenvalue weighted by molar-refractivity contribution is 5.46. The molecule has 2 aromatic rings. The van der Waals surface area contributed by atoms with Crippen LogP contribution in [0.5, 0.6) is 17.2 Å². The Bertz CT molecular complexity index is 596. The Morgan fingerprint density at radius 1 is 0.857 bits per heavy atom. The molecule has 0 spiro atoms. The molecule has 2 aromatic carbocycles. The summed E-state index contributed by atoms with van der Waals surface area (Å²) in [6, 6.07) is 10.2. The number of alkyl halides is 5. The molecule has 0 saturated heterocycles. The summed E-state index contributed by atoms with van der Waals surface area (Å²) in [4.78, 5) is 0. The molecule has 0 heterocycles. The fourth-order valence-electron chi connectivity index (χ4n) is 1.57. The van der Waals surface area contributed by atoms with Crippen molar-refractivity contribution in [1.29, 1.82) is 0 Å². The monoisotopic (exact) mass is 304 g/mol. The molecule has 0 saturated carbocycles. The van der Waals surface area contributed by atoms with Crippen molar-refractivity contribution in [3.63, 3.8) is 0 Å². The highest BCUT2D eigenvalue weighted by Gasteiger charge is 2.32. The van der Waals surface area contributed by atoms with E-state index in [-0.39, 0.29) is 11.5 Å². The van der Waals surface area contributed by atoms with Gasteiger partial charge in [0.25, 0.3) is 0 Å². The van der Waals surface area contributed by atoms with E-state index in [0.717, 1.165) is 12.1 Å². The first-order valence-corrected chi connectivity index (χ1v) is 5.75. The predicted molar refractivity (Wildman–Crippen MR) is 64.6 cm³/mol. The minimum absolute atomic E-state index is 0.227. The molecule has 21 heavy (non-hydrogen) atoms. The summed E-state index contributed by atoms with van der Waals surface area (Å²) in [5, 5.41) is 0. The topological polar surface area (TPSA) is 18.5 Å². The third kappa shape index (κ3) is 4.08. The van der Waals surface area contributed by atoms with E-state index >= 15 is 0 Å². The molecule has 0 atom stereocenters. The lowest BCUT2D eigenvalue weighted by molar-refractivity contribution is -0.138. The van der Waals surface area contributed by atoms with Gasteiger partial charge in [-0.05, 0) is 30.3 Å². The molecule has 0 N–H and O–H groups in total. The van der Waals surface area contributed by atoms with Crippen molar-refractivity contribution in [2.45, 2.75) is 12.8 Å². The summed E-state index contributed by atoms with van der Waals surface area (Å²) in [5.41, 5.74) is -1.10. The molecule has 2 rings (SSSR count). The van der Waals surface area contributed by atoms with Crippen LogP contribution in [0.4, 0.5) is 22.0 Å². The summed E-state index contributed by atoms with van der Waals surface area (Å²) in [6.07, 6.45) is -4.66. The Balaban J connectivity index is 2.35. The third-order valence-corrected chi connectivity index (χ3v) is 2.46. The summed E-state index contributed by atoms with van der Waals surface area (Å²) in [6.45, 7) is -3.26. The van der Waals surface area contributed by atoms with Crippen molar-refractivity contribution in [3.05, 3.63) is 54.1 Å². The Kier molecular flexibility index (Phi) is 4.30. The van der Waals surface area contributed by atoms with Crippen LogP contribution in [-0.4, -0.2) is 6.61 Å². The normalized spacial score (nSPS) is 11.5. The molecule has 0 amide bonds. The van der Waals surface area contributed by atoms with Gasteiger partial charge in [-0.2, -0.15) is 22.0 Å². The Morgan fingerprint density at radius 2 is 1.52 bits per heavy atom. The SMILES string of the molecule is FC(F)Oc1cc(C(F)(F)F)ccc1Oc1ccccc1. The van der Waals surface area contributed by atoms with E-state index < -0.39 is 24.1 Å². The first kappa shape index (κ1) is 15.1. The fourth-order valence-corrected chi connectivity index (χ4v) is 1.57. The van der Waals surface area contributed by atoms with Gasteiger partial charge in [-0.25, -0.2) is 0 Å². The minimum Gasteiger partial charge on any atom is -0.453 e. The lowest BCUT2D eigenvalue weighted by Gasteiger charge is -2.14. The second kappa shape index (κ2) is 5.99. The molecule has 0 radical (unpaired) electrons. The Labute approximate surface area is 116 Å². The van der Waals surface area contributed by atoms with E-state index in [9.17, 15) is 22.0 Å². The fraction of sp³-hybridized carbons (Fsp3) is 0.143. The van der Waals surface area contributed by atoms with Crippen LogP contribution in [0.1, 0.15) is 5.56 Å². The summed E-state index contributed by atoms with van der Waals surface area (Å²) >= 11 is 0. The minimum atomic E-state index is -4.66. The van der Waals surface area contributed by atoms with E-state index in [1.807, 2.05) is 0 Å². The average Bonchev–Trinajstić information content (AvgIpc) is 2.40. The van der Waals surface area contributed by atoms with Gasteiger partial charge in [0.05, 0.1) is 5.56 Å². The predicted octanol–water partition coefficient (Wildman–Crippen LogP) is 5.10. The second-order valence-corrected chi connectivity index (χ2v) is 3.95. The molecule has 2 nitrogen and oxygen atoms in total. The number of hydrogen-bond acceptors (Lipinski definition) is 2. The lowest BCUT2D eigenvalue weighted by atomic mass is 10.2. The van der Waals surface area contributed by atoms with Gasteiger partial charge in [-0.3, -0.25) is 0 Å². The van der Waals surface area contributed by atoms with Crippen LogP contribution < -0.4 is 9.47 Å². The van der Waals surface area contributed by atoms with Crippen LogP contribution in [0.25, 0.3) is 0 Å². The molecule has 0 fully saturated rings. The molecule has 0 aromatic heterocycles. The smallest absolute Gasteiger partial charge is 0.416 e. The van der Waals surface area contributed by atoms with Gasteiger partial charge >= 0.3 is 12.8 Å². The highest BCUT2D eigenvalue weighted by Crippen LogP contribution is 2.38. The molecule has 7 heteroatoms. The first-order chi connectivity index (χ1) is 9.86. The average molecular weight is 304 g/mol. The van der Waals surface area contributed by atoms with E-state index in [1.54, 1.807) is 18.2 Å². The van der Waals surface area contributed by atoms with E-state index in [4.69, 9.17) is 4.74 Å². The molecule has 0 aliphatic carbocycles. The van der Waals surface area contributed by atoms with Crippen molar-refractivity contribution < 1.29 is 31.4 Å². The summed E-state index contributed by atoms with van der Waals surface area (Å²) in [7, 11) is 0. The summed E-state index contributed by atoms with van der Waals surface area (Å²) in [5.74, 6) is -0.616. The zero-order chi connectivity index (χ0) is 15.5. The van der Waals surface area contributed by atoms with Crippen LogP contribution in [0.3, 0.4) is 0 Å². The van der Waals surface area contributed by atoms with E-state index in [1.165, 1.54) is 12.1 Å². The van der Waals surface area contributed by atoms with Crippen molar-refractivity contribution in [1.82, 2.24) is 0 Å². The number of halogens is 5. The van der Waals surface area contributed by atoms with Crippen LogP contribution in [-0.2, 0) is 6.18 Å². The van der Waals surface area contributed by atoms with Gasteiger partial charge in [-0.1, -0.05) is 18.2 Å².